The van der Waals surface area contributed by atoms with Crippen LogP contribution >= 0.6 is 11.8 Å². The van der Waals surface area contributed by atoms with E-state index in [1.165, 1.54) is 17.3 Å². The van der Waals surface area contributed by atoms with Gasteiger partial charge in [-0.2, -0.15) is 0 Å². The largest absolute Gasteiger partial charge is 0.338 e. The van der Waals surface area contributed by atoms with E-state index < -0.39 is 0 Å². The number of aromatic nitrogens is 4. The molecule has 0 saturated heterocycles. The van der Waals surface area contributed by atoms with E-state index in [9.17, 15) is 0 Å². The third-order valence-corrected chi connectivity index (χ3v) is 3.51. The van der Waals surface area contributed by atoms with Gasteiger partial charge in [0, 0.05) is 16.7 Å². The van der Waals surface area contributed by atoms with Crippen LogP contribution in [0.15, 0.2) is 36.0 Å². The molecule has 3 rings (SSSR count). The van der Waals surface area contributed by atoms with Crippen LogP contribution in [0.3, 0.4) is 0 Å². The lowest BCUT2D eigenvalue weighted by atomic mass is 10.2. The normalized spacial score (nSPS) is 11.2. The van der Waals surface area contributed by atoms with Gasteiger partial charge in [0.1, 0.15) is 5.52 Å². The van der Waals surface area contributed by atoms with Crippen molar-refractivity contribution in [3.05, 3.63) is 36.4 Å². The number of aromatic amines is 1. The van der Waals surface area contributed by atoms with Crippen LogP contribution in [0, 0.1) is 6.92 Å². The van der Waals surface area contributed by atoms with Crippen molar-refractivity contribution in [2.24, 2.45) is 0 Å². The lowest BCUT2D eigenvalue weighted by molar-refractivity contribution is 0.879. The van der Waals surface area contributed by atoms with Crippen molar-refractivity contribution in [1.29, 1.82) is 0 Å². The third kappa shape index (κ3) is 1.86. The van der Waals surface area contributed by atoms with Crippen molar-refractivity contribution in [3.8, 4) is 0 Å². The molecule has 0 amide bonds. The van der Waals surface area contributed by atoms with E-state index in [0.29, 0.717) is 5.16 Å². The first-order chi connectivity index (χ1) is 8.78. The Morgan fingerprint density at radius 2 is 2.28 bits per heavy atom. The summed E-state index contributed by atoms with van der Waals surface area (Å²) in [7, 11) is 0. The Bertz CT molecular complexity index is 732. The van der Waals surface area contributed by atoms with E-state index in [1.54, 1.807) is 0 Å². The van der Waals surface area contributed by atoms with Crippen molar-refractivity contribution in [3.63, 3.8) is 0 Å². The number of aryl methyl sites for hydroxylation is 1. The minimum atomic E-state index is 0.672. The second-order valence-corrected chi connectivity index (χ2v) is 5.05. The number of hydrogen-bond donors (Lipinski definition) is 1. The van der Waals surface area contributed by atoms with Crippen LogP contribution in [0.4, 0.5) is 0 Å². The highest BCUT2D eigenvalue weighted by atomic mass is 32.2. The third-order valence-electron chi connectivity index (χ3n) is 2.68. The summed E-state index contributed by atoms with van der Waals surface area (Å²) in [5.41, 5.74) is 3.87. The second kappa shape index (κ2) is 4.42. The fourth-order valence-electron chi connectivity index (χ4n) is 1.86. The minimum Gasteiger partial charge on any atom is -0.338 e. The number of hydrogen-bond acceptors (Lipinski definition) is 4. The first-order valence-electron chi connectivity index (χ1n) is 5.64. The Balaban J connectivity index is 2.17. The molecule has 1 aromatic carbocycles. The highest BCUT2D eigenvalue weighted by Crippen LogP contribution is 2.24. The van der Waals surface area contributed by atoms with Gasteiger partial charge in [-0.25, -0.2) is 4.98 Å². The van der Waals surface area contributed by atoms with Gasteiger partial charge in [-0.05, 0) is 19.1 Å². The first kappa shape index (κ1) is 11.2. The summed E-state index contributed by atoms with van der Waals surface area (Å²) < 4.78 is 0. The Hall–Kier alpha value is -1.88. The maximum Gasteiger partial charge on any atom is 0.211 e. The molecule has 1 N–H and O–H groups in total. The van der Waals surface area contributed by atoms with Gasteiger partial charge in [0.15, 0.2) is 5.65 Å². The Morgan fingerprint density at radius 3 is 3.11 bits per heavy atom. The number of nitrogens with zero attached hydrogens (tertiary/aromatic N) is 3. The van der Waals surface area contributed by atoms with Gasteiger partial charge in [0.2, 0.25) is 5.16 Å². The summed E-state index contributed by atoms with van der Waals surface area (Å²) in [6.07, 6.45) is 1.83. The predicted octanol–water partition coefficient (Wildman–Crippen LogP) is 3.09. The molecule has 0 aliphatic rings. The summed E-state index contributed by atoms with van der Waals surface area (Å²) >= 11 is 1.53. The van der Waals surface area contributed by atoms with Crippen molar-refractivity contribution >= 4 is 33.8 Å². The summed E-state index contributed by atoms with van der Waals surface area (Å²) in [6, 6.07) is 6.21. The number of nitrogens with one attached hydrogen (secondary N) is 1. The van der Waals surface area contributed by atoms with Gasteiger partial charge in [-0.1, -0.05) is 29.5 Å². The second-order valence-electron chi connectivity index (χ2n) is 4.07. The molecule has 18 heavy (non-hydrogen) atoms. The van der Waals surface area contributed by atoms with Crippen molar-refractivity contribution in [2.45, 2.75) is 12.1 Å². The molecule has 0 bridgehead atoms. The monoisotopic (exact) mass is 256 g/mol. The van der Waals surface area contributed by atoms with Crippen LogP contribution in [0.2, 0.25) is 0 Å². The number of thioether (sulfide) groups is 1. The van der Waals surface area contributed by atoms with Gasteiger partial charge in [-0.3, -0.25) is 0 Å². The lowest BCUT2D eigenvalue weighted by Gasteiger charge is -1.95. The minimum absolute atomic E-state index is 0.672. The van der Waals surface area contributed by atoms with Crippen LogP contribution < -0.4 is 0 Å². The molecule has 0 unspecified atom stereocenters. The number of benzene rings is 1. The molecule has 2 heterocycles. The van der Waals surface area contributed by atoms with Crippen molar-refractivity contribution in [1.82, 2.24) is 20.2 Å². The zero-order valence-electron chi connectivity index (χ0n) is 9.97. The summed E-state index contributed by atoms with van der Waals surface area (Å²) in [5, 5.41) is 10.1. The molecule has 0 saturated carbocycles. The van der Waals surface area contributed by atoms with E-state index >= 15 is 0 Å². The van der Waals surface area contributed by atoms with Gasteiger partial charge >= 0.3 is 0 Å². The van der Waals surface area contributed by atoms with E-state index in [0.717, 1.165) is 27.8 Å². The average molecular weight is 256 g/mol. The number of rotatable bonds is 3. The topological polar surface area (TPSA) is 54.5 Å². The van der Waals surface area contributed by atoms with Crippen LogP contribution in [0.5, 0.6) is 0 Å². The van der Waals surface area contributed by atoms with Crippen LogP contribution in [0.1, 0.15) is 5.56 Å². The quantitative estimate of drug-likeness (QED) is 0.578. The molecular weight excluding hydrogens is 244 g/mol. The van der Waals surface area contributed by atoms with Crippen LogP contribution in [-0.4, -0.2) is 25.9 Å². The van der Waals surface area contributed by atoms with Crippen molar-refractivity contribution in [2.75, 3.05) is 5.75 Å². The van der Waals surface area contributed by atoms with E-state index in [-0.39, 0.29) is 0 Å². The first-order valence-corrected chi connectivity index (χ1v) is 6.63. The van der Waals surface area contributed by atoms with Crippen LogP contribution in [0.25, 0.3) is 22.1 Å². The Morgan fingerprint density at radius 1 is 1.39 bits per heavy atom. The Kier molecular flexibility index (Phi) is 2.76. The fraction of sp³-hybridized carbons (Fsp3) is 0.154. The van der Waals surface area contributed by atoms with E-state index in [1.807, 2.05) is 12.1 Å². The number of H-pyrrole nitrogens is 1. The maximum atomic E-state index is 4.47. The zero-order chi connectivity index (χ0) is 12.5. The average Bonchev–Trinajstić information content (AvgIpc) is 2.73. The number of fused-ring (bicyclic) bond motifs is 3. The molecule has 4 nitrogen and oxygen atoms in total. The molecule has 3 aromatic rings. The molecule has 0 spiro atoms. The standard InChI is InChI=1S/C13H12N4S/c1-3-6-18-13-15-12-11(16-17-13)9-7-8(2)4-5-10(9)14-12/h3-5,7H,1,6H2,2H3,(H,14,15,17). The molecule has 0 aliphatic heterocycles. The highest BCUT2D eigenvalue weighted by Gasteiger charge is 2.08. The molecular formula is C13H12N4S. The molecule has 2 aromatic heterocycles. The van der Waals surface area contributed by atoms with Gasteiger partial charge < -0.3 is 4.98 Å². The molecule has 0 atom stereocenters. The molecule has 5 heteroatoms. The Labute approximate surface area is 109 Å². The van der Waals surface area contributed by atoms with E-state index in [2.05, 4.69) is 45.8 Å². The predicted molar refractivity (Wildman–Crippen MR) is 74.8 cm³/mol. The molecule has 90 valence electrons. The zero-order valence-corrected chi connectivity index (χ0v) is 10.8. The summed E-state index contributed by atoms with van der Waals surface area (Å²) in [4.78, 5) is 7.73. The van der Waals surface area contributed by atoms with E-state index in [4.69, 9.17) is 0 Å². The highest BCUT2D eigenvalue weighted by molar-refractivity contribution is 7.99. The summed E-state index contributed by atoms with van der Waals surface area (Å²) in [6.45, 7) is 5.74. The lowest BCUT2D eigenvalue weighted by Crippen LogP contribution is -1.91. The summed E-state index contributed by atoms with van der Waals surface area (Å²) in [5.74, 6) is 0.784. The molecule has 0 fully saturated rings. The maximum absolute atomic E-state index is 4.47. The van der Waals surface area contributed by atoms with Gasteiger partial charge in [0.25, 0.3) is 0 Å². The van der Waals surface area contributed by atoms with Gasteiger partial charge in [-0.15, -0.1) is 16.8 Å². The fourth-order valence-corrected chi connectivity index (χ4v) is 2.39. The van der Waals surface area contributed by atoms with Gasteiger partial charge in [0.05, 0.1) is 0 Å². The van der Waals surface area contributed by atoms with Crippen LogP contribution in [-0.2, 0) is 0 Å². The molecule has 0 radical (unpaired) electrons. The molecule has 0 aliphatic carbocycles. The smallest absolute Gasteiger partial charge is 0.211 e. The SMILES string of the molecule is C=CCSc1nnc2c(n1)[nH]c1ccc(C)cc12. The van der Waals surface area contributed by atoms with Crippen molar-refractivity contribution < 1.29 is 0 Å².